The van der Waals surface area contributed by atoms with Crippen LogP contribution in [0.15, 0.2) is 49.4 Å². The fourth-order valence-corrected chi connectivity index (χ4v) is 0.809. The zero-order valence-electron chi connectivity index (χ0n) is 9.88. The highest BCUT2D eigenvalue weighted by molar-refractivity contribution is 5.93. The molecular weight excluding hydrogens is 272 g/mol. The standard InChI is InChI=1S/C12H8O8/c13-9-1-2-10(14)18-7-8-20-12(16)4-3-11(15)19-6-5-17-9/h1-8H/b2-1-,4-3-,6-5-,8-7-. The minimum Gasteiger partial charge on any atom is -0.428 e. The molecule has 0 aromatic rings. The van der Waals surface area contributed by atoms with Crippen LogP contribution in [0.2, 0.25) is 0 Å². The highest BCUT2D eigenvalue weighted by atomic mass is 16.6. The first-order valence-electron chi connectivity index (χ1n) is 5.06. The van der Waals surface area contributed by atoms with E-state index in [0.29, 0.717) is 0 Å². The van der Waals surface area contributed by atoms with Crippen molar-refractivity contribution in [3.63, 3.8) is 0 Å². The first kappa shape index (κ1) is 14.9. The molecule has 104 valence electrons. The molecule has 8 nitrogen and oxygen atoms in total. The average Bonchev–Trinajstić information content (AvgIpc) is 2.42. The molecule has 0 aromatic carbocycles. The SMILES string of the molecule is O=C1/C=C\C(=O)O/C=C\OC(=O)/C=C\C(=O)O/C=C\O1. The summed E-state index contributed by atoms with van der Waals surface area (Å²) < 4.78 is 17.7. The van der Waals surface area contributed by atoms with E-state index < -0.39 is 23.9 Å². The lowest BCUT2D eigenvalue weighted by Crippen LogP contribution is -2.02. The molecule has 0 fully saturated rings. The summed E-state index contributed by atoms with van der Waals surface area (Å²) in [6.07, 6.45) is 6.31. The third-order valence-electron chi connectivity index (χ3n) is 1.56. The Morgan fingerprint density at radius 1 is 0.450 bits per heavy atom. The Labute approximate surface area is 112 Å². The zero-order chi connectivity index (χ0) is 14.8. The van der Waals surface area contributed by atoms with Crippen molar-refractivity contribution in [3.8, 4) is 0 Å². The van der Waals surface area contributed by atoms with Gasteiger partial charge in [-0.3, -0.25) is 0 Å². The second-order valence-electron chi connectivity index (χ2n) is 2.96. The van der Waals surface area contributed by atoms with Crippen LogP contribution in [0.25, 0.3) is 0 Å². The summed E-state index contributed by atoms with van der Waals surface area (Å²) in [5.74, 6) is -3.53. The normalized spacial score (nSPS) is 23.6. The van der Waals surface area contributed by atoms with Crippen LogP contribution < -0.4 is 0 Å². The number of ether oxygens (including phenoxy) is 4. The monoisotopic (exact) mass is 280 g/mol. The number of rotatable bonds is 0. The Morgan fingerprint density at radius 2 is 0.650 bits per heavy atom. The first-order chi connectivity index (χ1) is 9.58. The van der Waals surface area contributed by atoms with Gasteiger partial charge in [-0.15, -0.1) is 0 Å². The maximum atomic E-state index is 11.0. The van der Waals surface area contributed by atoms with E-state index >= 15 is 0 Å². The molecule has 0 unspecified atom stereocenters. The number of esters is 4. The molecule has 1 rings (SSSR count). The maximum absolute atomic E-state index is 11.0. The van der Waals surface area contributed by atoms with Gasteiger partial charge in [0.15, 0.2) is 0 Å². The van der Waals surface area contributed by atoms with Crippen molar-refractivity contribution in [3.05, 3.63) is 49.4 Å². The predicted molar refractivity (Wildman–Crippen MR) is 60.9 cm³/mol. The van der Waals surface area contributed by atoms with Crippen LogP contribution in [0, 0.1) is 0 Å². The predicted octanol–water partition coefficient (Wildman–Crippen LogP) is 0.228. The van der Waals surface area contributed by atoms with Crippen molar-refractivity contribution < 1.29 is 38.1 Å². The quantitative estimate of drug-likeness (QED) is 0.458. The van der Waals surface area contributed by atoms with E-state index in [1.807, 2.05) is 0 Å². The van der Waals surface area contributed by atoms with Gasteiger partial charge in [-0.05, 0) is 0 Å². The molecule has 1 aliphatic rings. The van der Waals surface area contributed by atoms with Gasteiger partial charge in [-0.2, -0.15) is 0 Å². The van der Waals surface area contributed by atoms with E-state index in [-0.39, 0.29) is 0 Å². The average molecular weight is 280 g/mol. The Balaban J connectivity index is 2.75. The summed E-state index contributed by atoms with van der Waals surface area (Å²) in [6, 6.07) is 0. The number of cyclic esters (lactones) is 4. The van der Waals surface area contributed by atoms with Gasteiger partial charge >= 0.3 is 23.9 Å². The Kier molecular flexibility index (Phi) is 5.98. The van der Waals surface area contributed by atoms with Crippen molar-refractivity contribution >= 4 is 23.9 Å². The number of hydrogen-bond acceptors (Lipinski definition) is 8. The molecule has 1 aliphatic heterocycles. The summed E-state index contributed by atoms with van der Waals surface area (Å²) in [4.78, 5) is 44.1. The van der Waals surface area contributed by atoms with E-state index in [1.165, 1.54) is 0 Å². The summed E-state index contributed by atoms with van der Waals surface area (Å²) in [5, 5.41) is 0. The number of hydrogen-bond donors (Lipinski definition) is 0. The maximum Gasteiger partial charge on any atom is 0.335 e. The van der Waals surface area contributed by atoms with Crippen molar-refractivity contribution in [1.82, 2.24) is 0 Å². The minimum absolute atomic E-state index is 0.786. The molecule has 8 heteroatoms. The molecule has 1 heterocycles. The molecule has 0 aromatic heterocycles. The molecule has 0 aliphatic carbocycles. The van der Waals surface area contributed by atoms with Crippen LogP contribution >= 0.6 is 0 Å². The molecular formula is C12H8O8. The molecule has 0 radical (unpaired) electrons. The fourth-order valence-electron chi connectivity index (χ4n) is 0.809. The van der Waals surface area contributed by atoms with E-state index in [0.717, 1.165) is 49.4 Å². The van der Waals surface area contributed by atoms with Crippen LogP contribution in [0.5, 0.6) is 0 Å². The van der Waals surface area contributed by atoms with Crippen molar-refractivity contribution in [2.75, 3.05) is 0 Å². The molecule has 20 heavy (non-hydrogen) atoms. The Bertz CT molecular complexity index is 432. The van der Waals surface area contributed by atoms with E-state index in [1.54, 1.807) is 0 Å². The van der Waals surface area contributed by atoms with Gasteiger partial charge in [-0.25, -0.2) is 19.2 Å². The van der Waals surface area contributed by atoms with Crippen molar-refractivity contribution in [2.24, 2.45) is 0 Å². The molecule has 0 bridgehead atoms. The first-order valence-corrected chi connectivity index (χ1v) is 5.06. The van der Waals surface area contributed by atoms with Crippen molar-refractivity contribution in [2.45, 2.75) is 0 Å². The lowest BCUT2D eigenvalue weighted by Gasteiger charge is -1.96. The molecule has 0 atom stereocenters. The summed E-state index contributed by atoms with van der Waals surface area (Å²) in [7, 11) is 0. The minimum atomic E-state index is -0.882. The zero-order valence-corrected chi connectivity index (χ0v) is 9.88. The highest BCUT2D eigenvalue weighted by Gasteiger charge is 2.01. The molecule has 0 saturated heterocycles. The highest BCUT2D eigenvalue weighted by Crippen LogP contribution is 1.92. The Morgan fingerprint density at radius 3 is 0.850 bits per heavy atom. The van der Waals surface area contributed by atoms with Gasteiger partial charge in [0.1, 0.15) is 25.0 Å². The van der Waals surface area contributed by atoms with Gasteiger partial charge in [0.2, 0.25) is 0 Å². The van der Waals surface area contributed by atoms with E-state index in [4.69, 9.17) is 0 Å². The van der Waals surface area contributed by atoms with Gasteiger partial charge < -0.3 is 18.9 Å². The number of carbonyl (C=O) groups excluding carboxylic acids is 4. The smallest absolute Gasteiger partial charge is 0.335 e. The molecule has 0 N–H and O–H groups in total. The second-order valence-corrected chi connectivity index (χ2v) is 2.96. The largest absolute Gasteiger partial charge is 0.428 e. The van der Waals surface area contributed by atoms with Crippen molar-refractivity contribution in [1.29, 1.82) is 0 Å². The second kappa shape index (κ2) is 8.03. The summed E-state index contributed by atoms with van der Waals surface area (Å²) in [6.45, 7) is 0. The third-order valence-corrected chi connectivity index (χ3v) is 1.56. The lowest BCUT2D eigenvalue weighted by atomic mass is 10.5. The van der Waals surface area contributed by atoms with E-state index in [9.17, 15) is 19.2 Å². The van der Waals surface area contributed by atoms with Crippen LogP contribution in [-0.4, -0.2) is 23.9 Å². The van der Waals surface area contributed by atoms with Crippen LogP contribution in [0.1, 0.15) is 0 Å². The molecule has 0 amide bonds. The molecule has 0 saturated carbocycles. The van der Waals surface area contributed by atoms with Crippen LogP contribution in [0.4, 0.5) is 0 Å². The van der Waals surface area contributed by atoms with Crippen LogP contribution in [0.3, 0.4) is 0 Å². The Hall–Kier alpha value is -3.16. The topological polar surface area (TPSA) is 105 Å². The van der Waals surface area contributed by atoms with Gasteiger partial charge in [-0.1, -0.05) is 0 Å². The number of carbonyl (C=O) groups is 4. The van der Waals surface area contributed by atoms with Gasteiger partial charge in [0, 0.05) is 24.3 Å². The van der Waals surface area contributed by atoms with Crippen LogP contribution in [-0.2, 0) is 38.1 Å². The van der Waals surface area contributed by atoms with E-state index in [2.05, 4.69) is 18.9 Å². The van der Waals surface area contributed by atoms with Gasteiger partial charge in [0.25, 0.3) is 0 Å². The fraction of sp³-hybridized carbons (Fsp3) is 0. The van der Waals surface area contributed by atoms with Gasteiger partial charge in [0.05, 0.1) is 0 Å². The summed E-state index contributed by atoms with van der Waals surface area (Å²) in [5.41, 5.74) is 0. The summed E-state index contributed by atoms with van der Waals surface area (Å²) >= 11 is 0. The molecule has 0 spiro atoms. The third kappa shape index (κ3) is 6.55. The lowest BCUT2D eigenvalue weighted by molar-refractivity contribution is -0.137.